The molecule has 1 aromatic heterocycles. The van der Waals surface area contributed by atoms with Gasteiger partial charge in [0.15, 0.2) is 6.04 Å². The highest BCUT2D eigenvalue weighted by molar-refractivity contribution is 7.80. The van der Waals surface area contributed by atoms with Gasteiger partial charge in [-0.25, -0.2) is 4.79 Å². The van der Waals surface area contributed by atoms with Crippen LogP contribution in [0.1, 0.15) is 20.8 Å². The molecule has 144 valence electrons. The highest BCUT2D eigenvalue weighted by atomic mass is 32.2. The standard InChI is InChI=1S/C19H21NO6S/c1-19(2,3)25-11-15(18(21)22)20(27(23)24)12-8-9-17-14(10-12)13-6-4-5-7-16(13)26-17/h4-10,15H,11H2,1-3H3,(H,21,22)(H,23,24)/p-1. The van der Waals surface area contributed by atoms with Crippen LogP contribution in [0.5, 0.6) is 0 Å². The van der Waals surface area contributed by atoms with Gasteiger partial charge in [0.25, 0.3) is 0 Å². The number of hydrogen-bond acceptors (Lipinski definition) is 5. The molecule has 0 radical (unpaired) electrons. The summed E-state index contributed by atoms with van der Waals surface area (Å²) in [4.78, 5) is 11.7. The molecule has 27 heavy (non-hydrogen) atoms. The van der Waals surface area contributed by atoms with Gasteiger partial charge in [0.1, 0.15) is 11.2 Å². The zero-order valence-corrected chi connectivity index (χ0v) is 16.0. The molecule has 1 N–H and O–H groups in total. The van der Waals surface area contributed by atoms with Gasteiger partial charge in [0.05, 0.1) is 17.9 Å². The van der Waals surface area contributed by atoms with Crippen molar-refractivity contribution in [2.45, 2.75) is 32.4 Å². The van der Waals surface area contributed by atoms with Crippen molar-refractivity contribution in [2.24, 2.45) is 0 Å². The summed E-state index contributed by atoms with van der Waals surface area (Å²) < 4.78 is 35.9. The predicted octanol–water partition coefficient (Wildman–Crippen LogP) is 3.45. The van der Waals surface area contributed by atoms with Gasteiger partial charge in [-0.05, 0) is 45.0 Å². The van der Waals surface area contributed by atoms with E-state index in [9.17, 15) is 18.7 Å². The van der Waals surface area contributed by atoms with Crippen LogP contribution in [0, 0.1) is 0 Å². The molecule has 0 aliphatic carbocycles. The molecular formula is C19H20NO6S-. The van der Waals surface area contributed by atoms with Gasteiger partial charge in [-0.1, -0.05) is 18.2 Å². The fraction of sp³-hybridized carbons (Fsp3) is 0.316. The molecule has 2 aromatic carbocycles. The number of ether oxygens (including phenoxy) is 1. The van der Waals surface area contributed by atoms with E-state index in [4.69, 9.17) is 9.15 Å². The van der Waals surface area contributed by atoms with Crippen molar-refractivity contribution < 1.29 is 27.8 Å². The number of furan rings is 1. The molecule has 3 rings (SSSR count). The Kier molecular flexibility index (Phi) is 5.23. The first-order valence-electron chi connectivity index (χ1n) is 8.34. The first-order valence-corrected chi connectivity index (χ1v) is 9.37. The number of fused-ring (bicyclic) bond motifs is 3. The molecule has 0 bridgehead atoms. The molecule has 0 aliphatic rings. The SMILES string of the molecule is CC(C)(C)OCC(C(=O)O)N(c1ccc2oc3ccccc3c2c1)S(=O)[O-]. The summed E-state index contributed by atoms with van der Waals surface area (Å²) in [6.07, 6.45) is 0. The maximum Gasteiger partial charge on any atom is 0.329 e. The topological polar surface area (TPSA) is 103 Å². The van der Waals surface area contributed by atoms with Crippen LogP contribution in [0.3, 0.4) is 0 Å². The number of nitrogens with zero attached hydrogens (tertiary/aromatic N) is 1. The fourth-order valence-corrected chi connectivity index (χ4v) is 3.43. The highest BCUT2D eigenvalue weighted by Crippen LogP contribution is 2.32. The van der Waals surface area contributed by atoms with Gasteiger partial charge in [0, 0.05) is 22.0 Å². The number of carboxylic acids is 1. The molecule has 2 unspecified atom stereocenters. The molecule has 0 amide bonds. The second-order valence-electron chi connectivity index (χ2n) is 7.10. The van der Waals surface area contributed by atoms with Crippen molar-refractivity contribution in [3.63, 3.8) is 0 Å². The number of rotatable bonds is 6. The molecule has 0 spiro atoms. The van der Waals surface area contributed by atoms with Crippen LogP contribution in [0.15, 0.2) is 46.9 Å². The summed E-state index contributed by atoms with van der Waals surface area (Å²) in [5.74, 6) is -1.29. The summed E-state index contributed by atoms with van der Waals surface area (Å²) >= 11 is -2.81. The van der Waals surface area contributed by atoms with E-state index in [1.807, 2.05) is 24.3 Å². The van der Waals surface area contributed by atoms with Crippen molar-refractivity contribution >= 4 is 44.9 Å². The van der Waals surface area contributed by atoms with Crippen LogP contribution in [-0.4, -0.2) is 38.1 Å². The van der Waals surface area contributed by atoms with Gasteiger partial charge in [0.2, 0.25) is 0 Å². The van der Waals surface area contributed by atoms with Gasteiger partial charge < -0.3 is 18.8 Å². The average Bonchev–Trinajstić information content (AvgIpc) is 2.94. The Morgan fingerprint density at radius 1 is 1.22 bits per heavy atom. The van der Waals surface area contributed by atoms with Crippen LogP contribution in [0.25, 0.3) is 21.9 Å². The minimum absolute atomic E-state index is 0.229. The number of carbonyl (C=O) groups is 1. The lowest BCUT2D eigenvalue weighted by Crippen LogP contribution is -2.47. The third kappa shape index (κ3) is 4.13. The third-order valence-corrected chi connectivity index (χ3v) is 4.80. The monoisotopic (exact) mass is 390 g/mol. The second kappa shape index (κ2) is 7.30. The molecule has 0 aliphatic heterocycles. The Labute approximate surface area is 158 Å². The zero-order chi connectivity index (χ0) is 19.8. The first kappa shape index (κ1) is 19.3. The van der Waals surface area contributed by atoms with E-state index in [2.05, 4.69) is 0 Å². The van der Waals surface area contributed by atoms with E-state index < -0.39 is 28.9 Å². The molecule has 0 saturated heterocycles. The minimum atomic E-state index is -2.81. The van der Waals surface area contributed by atoms with Crippen LogP contribution >= 0.6 is 0 Å². The number of aliphatic carboxylic acids is 1. The number of anilines is 1. The number of carboxylic acid groups (broad SMARTS) is 1. The fourth-order valence-electron chi connectivity index (χ4n) is 2.79. The van der Waals surface area contributed by atoms with Crippen LogP contribution in [0.2, 0.25) is 0 Å². The summed E-state index contributed by atoms with van der Waals surface area (Å²) in [6.45, 7) is 5.03. The normalized spacial score (nSPS) is 14.4. The summed E-state index contributed by atoms with van der Waals surface area (Å²) in [5, 5.41) is 11.1. The molecule has 7 nitrogen and oxygen atoms in total. The van der Waals surface area contributed by atoms with Crippen molar-refractivity contribution in [1.29, 1.82) is 0 Å². The van der Waals surface area contributed by atoms with E-state index in [-0.39, 0.29) is 12.3 Å². The Hall–Kier alpha value is -2.42. The minimum Gasteiger partial charge on any atom is -0.755 e. The van der Waals surface area contributed by atoms with Crippen molar-refractivity contribution in [3.05, 3.63) is 42.5 Å². The molecular weight excluding hydrogens is 370 g/mol. The van der Waals surface area contributed by atoms with Gasteiger partial charge in [-0.15, -0.1) is 0 Å². The Morgan fingerprint density at radius 2 is 1.89 bits per heavy atom. The average molecular weight is 390 g/mol. The lowest BCUT2D eigenvalue weighted by atomic mass is 10.1. The van der Waals surface area contributed by atoms with Gasteiger partial charge >= 0.3 is 5.97 Å². The Bertz CT molecular complexity index is 1010. The smallest absolute Gasteiger partial charge is 0.329 e. The van der Waals surface area contributed by atoms with E-state index >= 15 is 0 Å². The van der Waals surface area contributed by atoms with Crippen molar-refractivity contribution in [1.82, 2.24) is 0 Å². The zero-order valence-electron chi connectivity index (χ0n) is 15.2. The summed E-state index contributed by atoms with van der Waals surface area (Å²) in [5.41, 5.74) is 0.890. The first-order chi connectivity index (χ1) is 12.7. The Morgan fingerprint density at radius 3 is 2.52 bits per heavy atom. The predicted molar refractivity (Wildman–Crippen MR) is 102 cm³/mol. The van der Waals surface area contributed by atoms with E-state index in [0.717, 1.165) is 9.69 Å². The maximum absolute atomic E-state index is 11.9. The van der Waals surface area contributed by atoms with Crippen molar-refractivity contribution in [2.75, 3.05) is 10.9 Å². The molecule has 1 heterocycles. The van der Waals surface area contributed by atoms with E-state index in [1.54, 1.807) is 32.9 Å². The maximum atomic E-state index is 11.9. The molecule has 8 heteroatoms. The summed E-state index contributed by atoms with van der Waals surface area (Å²) in [6, 6.07) is 10.8. The quantitative estimate of drug-likeness (QED) is 0.647. The van der Waals surface area contributed by atoms with E-state index in [1.165, 1.54) is 6.07 Å². The number of hydrogen-bond donors (Lipinski definition) is 1. The Balaban J connectivity index is 2.06. The second-order valence-corrected chi connectivity index (χ2v) is 7.93. The van der Waals surface area contributed by atoms with Crippen LogP contribution < -0.4 is 4.31 Å². The molecule has 3 aromatic rings. The molecule has 0 saturated carbocycles. The van der Waals surface area contributed by atoms with Crippen molar-refractivity contribution in [3.8, 4) is 0 Å². The number of para-hydroxylation sites is 1. The van der Waals surface area contributed by atoms with E-state index in [0.29, 0.717) is 16.6 Å². The van der Waals surface area contributed by atoms with Crippen LogP contribution in [-0.2, 0) is 20.8 Å². The largest absolute Gasteiger partial charge is 0.755 e. The lowest BCUT2D eigenvalue weighted by molar-refractivity contribution is -0.141. The highest BCUT2D eigenvalue weighted by Gasteiger charge is 2.29. The molecule has 2 atom stereocenters. The van der Waals surface area contributed by atoms with Crippen LogP contribution in [0.4, 0.5) is 5.69 Å². The van der Waals surface area contributed by atoms with Gasteiger partial charge in [-0.3, -0.25) is 8.51 Å². The molecule has 0 fully saturated rings. The third-order valence-electron chi connectivity index (χ3n) is 4.02. The summed E-state index contributed by atoms with van der Waals surface area (Å²) in [7, 11) is 0. The number of benzene rings is 2. The lowest BCUT2D eigenvalue weighted by Gasteiger charge is -2.33. The van der Waals surface area contributed by atoms with Gasteiger partial charge in [-0.2, -0.15) is 0 Å².